The second-order valence-corrected chi connectivity index (χ2v) is 2.98. The Hall–Kier alpha value is -0.490. The second-order valence-electron chi connectivity index (χ2n) is 2.28. The first-order valence-corrected chi connectivity index (χ1v) is 4.45. The Labute approximate surface area is 85.6 Å². The van der Waals surface area contributed by atoms with Crippen molar-refractivity contribution in [3.05, 3.63) is 16.1 Å². The van der Waals surface area contributed by atoms with Crippen LogP contribution in [0.2, 0.25) is 10.4 Å². The summed E-state index contributed by atoms with van der Waals surface area (Å²) in [7, 11) is 0. The monoisotopic (exact) mass is 221 g/mol. The van der Waals surface area contributed by atoms with Crippen molar-refractivity contribution in [2.45, 2.75) is 6.54 Å². The molecule has 0 radical (unpaired) electrons. The molecule has 0 aromatic carbocycles. The van der Waals surface area contributed by atoms with Gasteiger partial charge in [-0.05, 0) is 11.6 Å². The molecular weight excluding hydrogens is 213 g/mol. The predicted molar refractivity (Wildman–Crippen MR) is 50.6 cm³/mol. The number of nitrogens with zero attached hydrogens (tertiary/aromatic N) is 3. The van der Waals surface area contributed by atoms with Crippen LogP contribution in [-0.4, -0.2) is 28.3 Å². The van der Waals surface area contributed by atoms with Gasteiger partial charge >= 0.3 is 0 Å². The van der Waals surface area contributed by atoms with Gasteiger partial charge in [0.15, 0.2) is 5.15 Å². The summed E-state index contributed by atoms with van der Waals surface area (Å²) >= 11 is 11.2. The standard InChI is InChI=1S/C6H9Cl2N5/c7-5-4(3-10-2-1-9)12-13-6(8)11-5/h10H,1-3,9H2. The first kappa shape index (κ1) is 10.6. The third-order valence-corrected chi connectivity index (χ3v) is 1.76. The Morgan fingerprint density at radius 3 is 2.69 bits per heavy atom. The molecule has 0 aliphatic heterocycles. The van der Waals surface area contributed by atoms with Crippen molar-refractivity contribution in [2.75, 3.05) is 13.1 Å². The van der Waals surface area contributed by atoms with Gasteiger partial charge in [0, 0.05) is 19.6 Å². The van der Waals surface area contributed by atoms with E-state index in [1.807, 2.05) is 0 Å². The Morgan fingerprint density at radius 2 is 2.08 bits per heavy atom. The number of rotatable bonds is 4. The molecule has 0 atom stereocenters. The predicted octanol–water partition coefficient (Wildman–Crippen LogP) is 0.227. The lowest BCUT2D eigenvalue weighted by Gasteiger charge is -2.02. The van der Waals surface area contributed by atoms with Crippen molar-refractivity contribution >= 4 is 23.2 Å². The number of halogens is 2. The molecule has 0 saturated heterocycles. The normalized spacial score (nSPS) is 10.4. The van der Waals surface area contributed by atoms with Crippen LogP contribution >= 0.6 is 23.2 Å². The quantitative estimate of drug-likeness (QED) is 0.713. The lowest BCUT2D eigenvalue weighted by molar-refractivity contribution is 0.668. The van der Waals surface area contributed by atoms with Crippen LogP contribution in [0.3, 0.4) is 0 Å². The summed E-state index contributed by atoms with van der Waals surface area (Å²) in [4.78, 5) is 3.74. The van der Waals surface area contributed by atoms with Gasteiger partial charge in [-0.2, -0.15) is 0 Å². The van der Waals surface area contributed by atoms with E-state index in [2.05, 4.69) is 20.5 Å². The highest BCUT2D eigenvalue weighted by molar-refractivity contribution is 6.32. The minimum Gasteiger partial charge on any atom is -0.329 e. The Kier molecular flexibility index (Phi) is 4.31. The van der Waals surface area contributed by atoms with Gasteiger partial charge in [-0.15, -0.1) is 10.2 Å². The molecule has 5 nitrogen and oxygen atoms in total. The molecule has 7 heteroatoms. The van der Waals surface area contributed by atoms with Crippen LogP contribution in [0.15, 0.2) is 0 Å². The highest BCUT2D eigenvalue weighted by Gasteiger charge is 2.04. The fourth-order valence-corrected chi connectivity index (χ4v) is 1.08. The zero-order chi connectivity index (χ0) is 9.68. The van der Waals surface area contributed by atoms with Crippen molar-refractivity contribution in [2.24, 2.45) is 5.73 Å². The van der Waals surface area contributed by atoms with Crippen LogP contribution in [0.4, 0.5) is 0 Å². The van der Waals surface area contributed by atoms with Crippen molar-refractivity contribution in [1.29, 1.82) is 0 Å². The molecule has 3 N–H and O–H groups in total. The highest BCUT2D eigenvalue weighted by atomic mass is 35.5. The fraction of sp³-hybridized carbons (Fsp3) is 0.500. The van der Waals surface area contributed by atoms with E-state index >= 15 is 0 Å². The minimum atomic E-state index is 0.0487. The molecule has 0 saturated carbocycles. The molecule has 72 valence electrons. The molecule has 0 aliphatic carbocycles. The Balaban J connectivity index is 2.56. The first-order chi connectivity index (χ1) is 6.24. The Morgan fingerprint density at radius 1 is 1.31 bits per heavy atom. The smallest absolute Gasteiger partial charge is 0.244 e. The number of nitrogens with two attached hydrogens (primary N) is 1. The molecule has 0 aliphatic rings. The average Bonchev–Trinajstić information content (AvgIpc) is 2.09. The van der Waals surface area contributed by atoms with Crippen LogP contribution in [0.5, 0.6) is 0 Å². The van der Waals surface area contributed by atoms with Gasteiger partial charge in [0.2, 0.25) is 5.28 Å². The van der Waals surface area contributed by atoms with E-state index in [0.717, 1.165) is 0 Å². The first-order valence-electron chi connectivity index (χ1n) is 3.69. The third kappa shape index (κ3) is 3.40. The van der Waals surface area contributed by atoms with Crippen molar-refractivity contribution < 1.29 is 0 Å². The number of hydrogen-bond donors (Lipinski definition) is 2. The summed E-state index contributed by atoms with van der Waals surface area (Å²) in [6, 6.07) is 0. The van der Waals surface area contributed by atoms with E-state index in [9.17, 15) is 0 Å². The summed E-state index contributed by atoms with van der Waals surface area (Å²) in [6.07, 6.45) is 0. The molecule has 1 heterocycles. The fourth-order valence-electron chi connectivity index (χ4n) is 0.728. The topological polar surface area (TPSA) is 76.7 Å². The van der Waals surface area contributed by atoms with E-state index in [4.69, 9.17) is 28.9 Å². The van der Waals surface area contributed by atoms with E-state index in [1.54, 1.807) is 0 Å². The van der Waals surface area contributed by atoms with Crippen LogP contribution in [-0.2, 0) is 6.54 Å². The SMILES string of the molecule is NCCNCc1nnc(Cl)nc1Cl. The van der Waals surface area contributed by atoms with Crippen LogP contribution in [0, 0.1) is 0 Å². The summed E-state index contributed by atoms with van der Waals surface area (Å²) in [5, 5.41) is 10.7. The van der Waals surface area contributed by atoms with E-state index in [-0.39, 0.29) is 10.4 Å². The van der Waals surface area contributed by atoms with Crippen LogP contribution in [0.25, 0.3) is 0 Å². The van der Waals surface area contributed by atoms with E-state index < -0.39 is 0 Å². The second kappa shape index (κ2) is 5.29. The molecule has 1 aromatic rings. The number of aromatic nitrogens is 3. The highest BCUT2D eigenvalue weighted by Crippen LogP contribution is 2.10. The van der Waals surface area contributed by atoms with Gasteiger partial charge in [0.1, 0.15) is 5.69 Å². The van der Waals surface area contributed by atoms with E-state index in [1.165, 1.54) is 0 Å². The molecule has 1 rings (SSSR count). The van der Waals surface area contributed by atoms with Gasteiger partial charge in [-0.25, -0.2) is 4.98 Å². The zero-order valence-electron chi connectivity index (χ0n) is 6.80. The number of nitrogens with one attached hydrogen (secondary N) is 1. The molecule has 13 heavy (non-hydrogen) atoms. The molecule has 1 aromatic heterocycles. The average molecular weight is 222 g/mol. The number of hydrogen-bond acceptors (Lipinski definition) is 5. The third-order valence-electron chi connectivity index (χ3n) is 1.30. The summed E-state index contributed by atoms with van der Waals surface area (Å²) in [6.45, 7) is 1.75. The van der Waals surface area contributed by atoms with Crippen molar-refractivity contribution in [3.63, 3.8) is 0 Å². The molecular formula is C6H9Cl2N5. The molecule has 0 spiro atoms. The summed E-state index contributed by atoms with van der Waals surface area (Å²) in [5.74, 6) is 0. The van der Waals surface area contributed by atoms with Gasteiger partial charge in [-0.3, -0.25) is 0 Å². The van der Waals surface area contributed by atoms with E-state index in [0.29, 0.717) is 25.3 Å². The Bertz CT molecular complexity index is 280. The molecule has 0 amide bonds. The summed E-state index contributed by atoms with van der Waals surface area (Å²) in [5.41, 5.74) is 5.86. The maximum atomic E-state index is 5.74. The van der Waals surface area contributed by atoms with Crippen LogP contribution in [0.1, 0.15) is 5.69 Å². The van der Waals surface area contributed by atoms with Gasteiger partial charge in [-0.1, -0.05) is 11.6 Å². The summed E-state index contributed by atoms with van der Waals surface area (Å²) < 4.78 is 0. The van der Waals surface area contributed by atoms with Gasteiger partial charge < -0.3 is 11.1 Å². The zero-order valence-corrected chi connectivity index (χ0v) is 8.31. The molecule has 0 bridgehead atoms. The molecule has 0 unspecified atom stereocenters. The largest absolute Gasteiger partial charge is 0.329 e. The van der Waals surface area contributed by atoms with Crippen molar-refractivity contribution in [3.8, 4) is 0 Å². The maximum absolute atomic E-state index is 5.74. The maximum Gasteiger partial charge on any atom is 0.244 e. The minimum absolute atomic E-state index is 0.0487. The lowest BCUT2D eigenvalue weighted by Crippen LogP contribution is -2.22. The van der Waals surface area contributed by atoms with Crippen LogP contribution < -0.4 is 11.1 Å². The van der Waals surface area contributed by atoms with Gasteiger partial charge in [0.25, 0.3) is 0 Å². The van der Waals surface area contributed by atoms with Gasteiger partial charge in [0.05, 0.1) is 0 Å². The molecule has 0 fully saturated rings. The lowest BCUT2D eigenvalue weighted by atomic mass is 10.4. The van der Waals surface area contributed by atoms with Crippen molar-refractivity contribution in [1.82, 2.24) is 20.5 Å².